The first-order valence-electron chi connectivity index (χ1n) is 13.5. The molecule has 5 rings (SSSR count). The van der Waals surface area contributed by atoms with Crippen LogP contribution in [0.3, 0.4) is 0 Å². The van der Waals surface area contributed by atoms with Gasteiger partial charge in [-0.05, 0) is 91.8 Å². The van der Waals surface area contributed by atoms with Gasteiger partial charge in [0.1, 0.15) is 5.83 Å². The van der Waals surface area contributed by atoms with Crippen molar-refractivity contribution in [1.29, 1.82) is 0 Å². The molecule has 1 heterocycles. The zero-order valence-corrected chi connectivity index (χ0v) is 21.8. The van der Waals surface area contributed by atoms with Gasteiger partial charge in [-0.25, -0.2) is 4.39 Å². The lowest BCUT2D eigenvalue weighted by Crippen LogP contribution is -2.50. The monoisotopic (exact) mass is 481 g/mol. The topological polar surface area (TPSA) is 75.8 Å². The van der Waals surface area contributed by atoms with Gasteiger partial charge in [-0.2, -0.15) is 0 Å². The molecule has 6 heteroatoms. The summed E-state index contributed by atoms with van der Waals surface area (Å²) in [7, 11) is 0. The van der Waals surface area contributed by atoms with Crippen molar-refractivity contribution in [3.05, 3.63) is 51.5 Å². The molecular formula is C29H40FN3O2. The highest BCUT2D eigenvalue weighted by atomic mass is 19.1. The standard InChI is InChI=1S/C29H40FN3O2/c1-15(2)21-10-25-22(9-24(21)31)26(18-11-29(12-18)13-19(14-29)28(34)32-35)27(16(3)4)33(25)20-6-7-23(30)17(5)8-20/h7-8,10,15-16,18-22,24H,6,9,11-14,31H2,1-5H3. The number of nitrogens with zero attached hydrogens (tertiary/aromatic N) is 2. The van der Waals surface area contributed by atoms with E-state index in [4.69, 9.17) is 5.73 Å². The van der Waals surface area contributed by atoms with Crippen molar-refractivity contribution in [2.24, 2.45) is 51.8 Å². The molecule has 4 unspecified atom stereocenters. The largest absolute Gasteiger partial charge is 0.341 e. The van der Waals surface area contributed by atoms with Gasteiger partial charge in [0.15, 0.2) is 0 Å². The van der Waals surface area contributed by atoms with Gasteiger partial charge in [0.2, 0.25) is 0 Å². The van der Waals surface area contributed by atoms with Gasteiger partial charge in [0, 0.05) is 34.4 Å². The summed E-state index contributed by atoms with van der Waals surface area (Å²) in [5, 5.41) is 2.66. The summed E-state index contributed by atoms with van der Waals surface area (Å²) in [6.45, 7) is 10.9. The molecule has 4 atom stereocenters. The van der Waals surface area contributed by atoms with Crippen LogP contribution in [-0.4, -0.2) is 22.9 Å². The van der Waals surface area contributed by atoms with Gasteiger partial charge in [-0.15, -0.1) is 4.91 Å². The fraction of sp³-hybridized carbons (Fsp3) is 0.690. The number of rotatable bonds is 5. The molecule has 4 aliphatic carbocycles. The van der Waals surface area contributed by atoms with Crippen LogP contribution in [-0.2, 0) is 4.79 Å². The van der Waals surface area contributed by atoms with Gasteiger partial charge >= 0.3 is 0 Å². The minimum Gasteiger partial charge on any atom is -0.341 e. The maximum atomic E-state index is 14.2. The summed E-state index contributed by atoms with van der Waals surface area (Å²) >= 11 is 0. The summed E-state index contributed by atoms with van der Waals surface area (Å²) in [6, 6.07) is 0.255. The van der Waals surface area contributed by atoms with Crippen molar-refractivity contribution < 1.29 is 9.18 Å². The molecule has 1 amide bonds. The maximum Gasteiger partial charge on any atom is 0.289 e. The summed E-state index contributed by atoms with van der Waals surface area (Å²) in [4.78, 5) is 25.0. The van der Waals surface area contributed by atoms with Gasteiger partial charge in [0.25, 0.3) is 5.91 Å². The van der Waals surface area contributed by atoms with Crippen molar-refractivity contribution in [3.8, 4) is 0 Å². The molecule has 0 aromatic heterocycles. The summed E-state index contributed by atoms with van der Waals surface area (Å²) in [5.41, 5.74) is 12.0. The molecule has 35 heavy (non-hydrogen) atoms. The Morgan fingerprint density at radius 2 is 1.86 bits per heavy atom. The summed E-state index contributed by atoms with van der Waals surface area (Å²) < 4.78 is 14.2. The van der Waals surface area contributed by atoms with Crippen LogP contribution in [0, 0.1) is 45.8 Å². The molecule has 0 saturated heterocycles. The first-order valence-corrected chi connectivity index (χ1v) is 13.5. The normalized spacial score (nSPS) is 38.7. The van der Waals surface area contributed by atoms with Crippen LogP contribution in [0.4, 0.5) is 4.39 Å². The Morgan fingerprint density at radius 1 is 1.17 bits per heavy atom. The van der Waals surface area contributed by atoms with Crippen LogP contribution >= 0.6 is 0 Å². The molecule has 2 fully saturated rings. The van der Waals surface area contributed by atoms with Gasteiger partial charge in [-0.3, -0.25) is 4.79 Å². The van der Waals surface area contributed by atoms with E-state index in [0.717, 1.165) is 37.7 Å². The Balaban J connectivity index is 1.50. The summed E-state index contributed by atoms with van der Waals surface area (Å²) in [6.07, 6.45) is 11.7. The minimum atomic E-state index is -0.476. The summed E-state index contributed by atoms with van der Waals surface area (Å²) in [5.74, 6) is 1.20. The fourth-order valence-electron chi connectivity index (χ4n) is 7.92. The Hall–Kier alpha value is -2.08. The number of allylic oxidation sites excluding steroid dienone is 4. The van der Waals surface area contributed by atoms with E-state index in [1.165, 1.54) is 11.4 Å². The molecule has 2 saturated carbocycles. The number of fused-ring (bicyclic) bond motifs is 1. The van der Waals surface area contributed by atoms with Gasteiger partial charge < -0.3 is 10.6 Å². The highest BCUT2D eigenvalue weighted by Crippen LogP contribution is 2.66. The molecule has 2 N–H and O–H groups in total. The van der Waals surface area contributed by atoms with E-state index < -0.39 is 5.91 Å². The molecule has 190 valence electrons. The van der Waals surface area contributed by atoms with Crippen molar-refractivity contribution in [1.82, 2.24) is 4.90 Å². The first kappa shape index (κ1) is 24.6. The van der Waals surface area contributed by atoms with E-state index in [-0.39, 0.29) is 29.2 Å². The average Bonchev–Trinajstić information content (AvgIpc) is 3.06. The molecule has 0 aromatic rings. The second kappa shape index (κ2) is 8.79. The van der Waals surface area contributed by atoms with Crippen molar-refractivity contribution in [2.75, 3.05) is 0 Å². The number of carbonyl (C=O) groups is 1. The second-order valence-electron chi connectivity index (χ2n) is 12.6. The third kappa shape index (κ3) is 3.96. The number of carbonyl (C=O) groups excluding carboxylic acids is 1. The number of nitrogens with two attached hydrogens (primary N) is 1. The molecule has 1 spiro atoms. The van der Waals surface area contributed by atoms with Crippen LogP contribution in [0.25, 0.3) is 0 Å². The third-order valence-corrected chi connectivity index (χ3v) is 9.53. The highest BCUT2D eigenvalue weighted by molar-refractivity contribution is 5.80. The number of nitroso groups, excluding NO2 is 1. The molecule has 0 bridgehead atoms. The molecule has 5 aliphatic rings. The van der Waals surface area contributed by atoms with Crippen LogP contribution in [0.1, 0.15) is 73.1 Å². The van der Waals surface area contributed by atoms with Crippen molar-refractivity contribution >= 4 is 5.91 Å². The predicted molar refractivity (Wildman–Crippen MR) is 136 cm³/mol. The average molecular weight is 482 g/mol. The number of hydrogen-bond acceptors (Lipinski definition) is 4. The first-order chi connectivity index (χ1) is 16.5. The molecule has 0 aromatic carbocycles. The minimum absolute atomic E-state index is 0.105. The Bertz CT molecular complexity index is 1040. The zero-order valence-electron chi connectivity index (χ0n) is 21.8. The van der Waals surface area contributed by atoms with Crippen LogP contribution < -0.4 is 5.73 Å². The lowest BCUT2D eigenvalue weighted by molar-refractivity contribution is -0.136. The maximum absolute atomic E-state index is 14.2. The molecule has 1 aliphatic heterocycles. The number of hydrogen-bond donors (Lipinski definition) is 1. The third-order valence-electron chi connectivity index (χ3n) is 9.53. The van der Waals surface area contributed by atoms with Crippen LogP contribution in [0.15, 0.2) is 51.8 Å². The smallest absolute Gasteiger partial charge is 0.289 e. The Labute approximate surface area is 208 Å². The fourth-order valence-corrected chi connectivity index (χ4v) is 7.92. The quantitative estimate of drug-likeness (QED) is 0.462. The van der Waals surface area contributed by atoms with E-state index in [1.807, 2.05) is 6.92 Å². The van der Waals surface area contributed by atoms with Crippen molar-refractivity contribution in [2.45, 2.75) is 85.2 Å². The SMILES string of the molecule is CC1=CC(N2C3=CC(C(C)C)C(N)CC3C(C3CC4(CC(C(=O)N=O)C4)C3)=C2C(C)C)CC=C1F. The molecule has 5 nitrogen and oxygen atoms in total. The number of halogens is 1. The predicted octanol–water partition coefficient (Wildman–Crippen LogP) is 6.39. The second-order valence-corrected chi connectivity index (χ2v) is 12.6. The number of amides is 1. The molecular weight excluding hydrogens is 441 g/mol. The van der Waals surface area contributed by atoms with E-state index in [9.17, 15) is 14.1 Å². The van der Waals surface area contributed by atoms with E-state index in [2.05, 4.69) is 49.9 Å². The highest BCUT2D eigenvalue weighted by Gasteiger charge is 2.58. The lowest BCUT2D eigenvalue weighted by atomic mass is 9.46. The van der Waals surface area contributed by atoms with Crippen LogP contribution in [0.5, 0.6) is 0 Å². The van der Waals surface area contributed by atoms with Gasteiger partial charge in [-0.1, -0.05) is 39.8 Å². The zero-order chi connectivity index (χ0) is 25.2. The van der Waals surface area contributed by atoms with Crippen molar-refractivity contribution in [3.63, 3.8) is 0 Å². The van der Waals surface area contributed by atoms with Crippen LogP contribution in [0.2, 0.25) is 0 Å². The van der Waals surface area contributed by atoms with E-state index in [0.29, 0.717) is 36.0 Å². The Kier molecular flexibility index (Phi) is 6.18. The van der Waals surface area contributed by atoms with Gasteiger partial charge in [0.05, 0.1) is 6.04 Å². The Morgan fingerprint density at radius 3 is 2.43 bits per heavy atom. The van der Waals surface area contributed by atoms with E-state index >= 15 is 0 Å². The molecule has 0 radical (unpaired) electrons. The lowest BCUT2D eigenvalue weighted by Gasteiger charge is -2.58. The van der Waals surface area contributed by atoms with E-state index in [1.54, 1.807) is 11.6 Å².